The minimum atomic E-state index is -0.281. The summed E-state index contributed by atoms with van der Waals surface area (Å²) in [5.41, 5.74) is 4.05. The summed E-state index contributed by atoms with van der Waals surface area (Å²) in [6.07, 6.45) is 6.95. The highest BCUT2D eigenvalue weighted by Gasteiger charge is 2.09. The highest BCUT2D eigenvalue weighted by atomic mass is 16.5. The Kier molecular flexibility index (Phi) is 7.72. The molecule has 2 heterocycles. The number of ether oxygens (including phenoxy) is 2. The first-order chi connectivity index (χ1) is 17.4. The summed E-state index contributed by atoms with van der Waals surface area (Å²) in [4.78, 5) is 35.0. The lowest BCUT2D eigenvalue weighted by Gasteiger charge is -2.12. The van der Waals surface area contributed by atoms with Gasteiger partial charge in [-0.3, -0.25) is 9.59 Å². The van der Waals surface area contributed by atoms with E-state index in [4.69, 9.17) is 9.47 Å². The Labute approximate surface area is 208 Å². The average Bonchev–Trinajstić information content (AvgIpc) is 2.86. The van der Waals surface area contributed by atoms with Crippen molar-refractivity contribution in [2.24, 2.45) is 0 Å². The monoisotopic (exact) mass is 485 g/mol. The molecule has 9 nitrogen and oxygen atoms in total. The molecule has 4 aromatic rings. The molecule has 0 atom stereocenters. The van der Waals surface area contributed by atoms with E-state index in [-0.39, 0.29) is 23.8 Å². The van der Waals surface area contributed by atoms with Crippen molar-refractivity contribution in [1.29, 1.82) is 0 Å². The lowest BCUT2D eigenvalue weighted by atomic mass is 10.1. The summed E-state index contributed by atoms with van der Waals surface area (Å²) >= 11 is 0. The van der Waals surface area contributed by atoms with Crippen LogP contribution in [0.5, 0.6) is 11.5 Å². The van der Waals surface area contributed by atoms with Crippen LogP contribution < -0.4 is 20.9 Å². The molecule has 0 fully saturated rings. The number of fused-ring (bicyclic) bond motifs is 1. The number of benzene rings is 2. The lowest BCUT2D eigenvalue weighted by molar-refractivity contribution is -0.124. The molecule has 3 N–H and O–H groups in total. The van der Waals surface area contributed by atoms with Crippen LogP contribution in [0, 0.1) is 13.8 Å². The van der Waals surface area contributed by atoms with E-state index in [0.29, 0.717) is 18.1 Å². The smallest absolute Gasteiger partial charge is 0.290 e. The van der Waals surface area contributed by atoms with Gasteiger partial charge >= 0.3 is 0 Å². The highest BCUT2D eigenvalue weighted by Crippen LogP contribution is 2.29. The van der Waals surface area contributed by atoms with E-state index < -0.39 is 0 Å². The topological polar surface area (TPSA) is 118 Å². The Bertz CT molecular complexity index is 1480. The molecule has 2 aromatic carbocycles. The van der Waals surface area contributed by atoms with Crippen LogP contribution in [0.15, 0.2) is 65.9 Å². The van der Waals surface area contributed by atoms with Crippen molar-refractivity contribution in [2.45, 2.75) is 13.8 Å². The number of aromatic amines is 1. The molecule has 0 bridgehead atoms. The summed E-state index contributed by atoms with van der Waals surface area (Å²) in [6.45, 7) is 4.24. The van der Waals surface area contributed by atoms with Crippen molar-refractivity contribution in [3.05, 3.63) is 88.1 Å². The molecule has 0 aliphatic rings. The average molecular weight is 486 g/mol. The normalized spacial score (nSPS) is 11.1. The maximum Gasteiger partial charge on any atom is 0.290 e. The fourth-order valence-corrected chi connectivity index (χ4v) is 3.56. The number of nitrogens with zero attached hydrogens (tertiary/aromatic N) is 2. The quantitative estimate of drug-likeness (QED) is 0.324. The Morgan fingerprint density at radius 1 is 1.08 bits per heavy atom. The molecule has 0 saturated carbocycles. The van der Waals surface area contributed by atoms with E-state index >= 15 is 0 Å². The van der Waals surface area contributed by atoms with Gasteiger partial charge in [0.2, 0.25) is 5.91 Å². The Morgan fingerprint density at radius 3 is 2.75 bits per heavy atom. The number of aromatic nitrogens is 3. The largest absolute Gasteiger partial charge is 0.451 e. The van der Waals surface area contributed by atoms with E-state index in [1.165, 1.54) is 13.4 Å². The van der Waals surface area contributed by atoms with Crippen LogP contribution in [0.25, 0.3) is 17.0 Å². The van der Waals surface area contributed by atoms with Gasteiger partial charge in [0.05, 0.1) is 5.52 Å². The number of pyridine rings is 1. The second kappa shape index (κ2) is 11.3. The van der Waals surface area contributed by atoms with Crippen molar-refractivity contribution in [2.75, 3.05) is 25.6 Å². The number of H-pyrrole nitrogens is 1. The molecule has 9 heteroatoms. The molecular formula is C27H27N5O4. The molecule has 0 radical (unpaired) electrons. The van der Waals surface area contributed by atoms with E-state index in [1.807, 2.05) is 62.4 Å². The standard InChI is InChI=1S/C27H27N5O4/c1-17-11-24(27(34)29-14-17)36-23-9-7-20(12-18(23)2)32-26-21-13-19(6-8-22(21)30-16-31-26)5-4-10-28-25(33)15-35-3/h4-9,11-14,16H,10,15H2,1-3H3,(H,28,33)(H,29,34)(H,30,31,32)/b5-4+. The van der Waals surface area contributed by atoms with Gasteiger partial charge in [0.25, 0.3) is 5.56 Å². The predicted octanol–water partition coefficient (Wildman–Crippen LogP) is 4.25. The van der Waals surface area contributed by atoms with Gasteiger partial charge in [0.1, 0.15) is 24.5 Å². The number of methoxy groups -OCH3 is 1. The summed E-state index contributed by atoms with van der Waals surface area (Å²) in [5.74, 6) is 1.33. The highest BCUT2D eigenvalue weighted by molar-refractivity contribution is 5.92. The third-order valence-corrected chi connectivity index (χ3v) is 5.33. The zero-order chi connectivity index (χ0) is 25.5. The van der Waals surface area contributed by atoms with E-state index in [9.17, 15) is 9.59 Å². The maximum absolute atomic E-state index is 12.1. The Morgan fingerprint density at radius 2 is 1.94 bits per heavy atom. The van der Waals surface area contributed by atoms with E-state index in [1.54, 1.807) is 12.3 Å². The molecule has 36 heavy (non-hydrogen) atoms. The van der Waals surface area contributed by atoms with Crippen LogP contribution in [0.2, 0.25) is 0 Å². The van der Waals surface area contributed by atoms with Gasteiger partial charge in [-0.2, -0.15) is 0 Å². The number of hydrogen-bond acceptors (Lipinski definition) is 7. The second-order valence-corrected chi connectivity index (χ2v) is 8.22. The van der Waals surface area contributed by atoms with Crippen molar-refractivity contribution in [1.82, 2.24) is 20.3 Å². The van der Waals surface area contributed by atoms with Crippen LogP contribution in [-0.4, -0.2) is 41.1 Å². The molecule has 0 aliphatic heterocycles. The second-order valence-electron chi connectivity index (χ2n) is 8.22. The minimum absolute atomic E-state index is 0.0347. The van der Waals surface area contributed by atoms with Crippen molar-refractivity contribution in [3.8, 4) is 11.5 Å². The number of hydrogen-bond donors (Lipinski definition) is 3. The van der Waals surface area contributed by atoms with Crippen molar-refractivity contribution < 1.29 is 14.3 Å². The van der Waals surface area contributed by atoms with Crippen molar-refractivity contribution in [3.63, 3.8) is 0 Å². The van der Waals surface area contributed by atoms with Crippen LogP contribution in [0.4, 0.5) is 11.5 Å². The van der Waals surface area contributed by atoms with Gasteiger partial charge in [0, 0.05) is 30.9 Å². The van der Waals surface area contributed by atoms with E-state index in [0.717, 1.165) is 33.3 Å². The lowest BCUT2D eigenvalue weighted by Crippen LogP contribution is -2.26. The summed E-state index contributed by atoms with van der Waals surface area (Å²) in [7, 11) is 1.48. The fraction of sp³-hybridized carbons (Fsp3) is 0.185. The summed E-state index contributed by atoms with van der Waals surface area (Å²) in [5, 5.41) is 6.96. The Balaban J connectivity index is 1.51. The minimum Gasteiger partial charge on any atom is -0.451 e. The van der Waals surface area contributed by atoms with E-state index in [2.05, 4.69) is 25.6 Å². The van der Waals surface area contributed by atoms with Crippen LogP contribution >= 0.6 is 0 Å². The van der Waals surface area contributed by atoms with Crippen LogP contribution in [0.3, 0.4) is 0 Å². The van der Waals surface area contributed by atoms with Crippen LogP contribution in [-0.2, 0) is 9.53 Å². The molecule has 0 saturated heterocycles. The molecule has 184 valence electrons. The zero-order valence-electron chi connectivity index (χ0n) is 20.3. The molecule has 0 unspecified atom stereocenters. The predicted molar refractivity (Wildman–Crippen MR) is 140 cm³/mol. The fourth-order valence-electron chi connectivity index (χ4n) is 3.56. The third kappa shape index (κ3) is 6.13. The van der Waals surface area contributed by atoms with Gasteiger partial charge in [-0.05, 0) is 66.9 Å². The number of nitrogens with one attached hydrogen (secondary N) is 3. The van der Waals surface area contributed by atoms with Crippen LogP contribution in [0.1, 0.15) is 16.7 Å². The SMILES string of the molecule is COCC(=O)NC/C=C/c1ccc2ncnc(Nc3ccc(Oc4cc(C)c[nH]c4=O)c(C)c3)c2c1. The van der Waals surface area contributed by atoms with Gasteiger partial charge in [-0.25, -0.2) is 9.97 Å². The maximum atomic E-state index is 12.1. The summed E-state index contributed by atoms with van der Waals surface area (Å²) < 4.78 is 10.6. The molecule has 0 aliphatic carbocycles. The Hall–Kier alpha value is -4.50. The number of carbonyl (C=O) groups is 1. The van der Waals surface area contributed by atoms with Gasteiger partial charge in [0.15, 0.2) is 5.75 Å². The molecular weight excluding hydrogens is 458 g/mol. The number of aryl methyl sites for hydroxylation is 2. The van der Waals surface area contributed by atoms with Gasteiger partial charge < -0.3 is 25.1 Å². The number of anilines is 2. The third-order valence-electron chi connectivity index (χ3n) is 5.33. The zero-order valence-corrected chi connectivity index (χ0v) is 20.3. The number of rotatable bonds is 9. The first-order valence-electron chi connectivity index (χ1n) is 11.3. The van der Waals surface area contributed by atoms with Gasteiger partial charge in [-0.1, -0.05) is 18.2 Å². The number of carbonyl (C=O) groups excluding carboxylic acids is 1. The molecule has 0 spiro atoms. The van der Waals surface area contributed by atoms with Gasteiger partial charge in [-0.15, -0.1) is 0 Å². The first-order valence-corrected chi connectivity index (χ1v) is 11.3. The molecule has 4 rings (SSSR count). The first kappa shape index (κ1) is 24.6. The summed E-state index contributed by atoms with van der Waals surface area (Å²) in [6, 6.07) is 13.2. The number of amides is 1. The van der Waals surface area contributed by atoms with Crippen molar-refractivity contribution >= 4 is 34.4 Å². The molecule has 2 aromatic heterocycles. The molecule has 1 amide bonds.